The Labute approximate surface area is 196 Å². The van der Waals surface area contributed by atoms with Gasteiger partial charge >= 0.3 is 24.7 Å². The summed E-state index contributed by atoms with van der Waals surface area (Å²) in [7, 11) is 1.69. The molecule has 198 valence electrons. The van der Waals surface area contributed by atoms with Crippen LogP contribution in [-0.4, -0.2) is 76.1 Å². The van der Waals surface area contributed by atoms with Gasteiger partial charge in [-0.3, -0.25) is 0 Å². The van der Waals surface area contributed by atoms with E-state index in [2.05, 4.69) is 21.3 Å². The van der Waals surface area contributed by atoms with E-state index in [-0.39, 0.29) is 32.6 Å². The Balaban J connectivity index is -0.000000529. The summed E-state index contributed by atoms with van der Waals surface area (Å²) in [6.07, 6.45) is -21.4. The molecule has 4 unspecified atom stereocenters. The Morgan fingerprint density at radius 3 is 0.818 bits per heavy atom. The second-order valence-electron chi connectivity index (χ2n) is 6.22. The summed E-state index contributed by atoms with van der Waals surface area (Å²) in [6.45, 7) is 2.31. The van der Waals surface area contributed by atoms with Crippen LogP contribution >= 0.6 is 0 Å². The molecule has 33 heavy (non-hydrogen) atoms. The third-order valence-electron chi connectivity index (χ3n) is 3.83. The minimum absolute atomic E-state index is 0. The first-order valence-corrected chi connectivity index (χ1v) is 9.03. The molecule has 0 aliphatic carbocycles. The van der Waals surface area contributed by atoms with E-state index in [1.165, 1.54) is 13.8 Å². The van der Waals surface area contributed by atoms with Crippen LogP contribution in [0.15, 0.2) is 0 Å². The second-order valence-corrected chi connectivity index (χ2v) is 6.22. The van der Waals surface area contributed by atoms with Gasteiger partial charge in [0.15, 0.2) is 0 Å². The van der Waals surface area contributed by atoms with E-state index in [0.29, 0.717) is 0 Å². The molecule has 0 bridgehead atoms. The van der Waals surface area contributed by atoms with E-state index in [9.17, 15) is 52.7 Å². The fourth-order valence-electron chi connectivity index (χ4n) is 2.26. The molecule has 0 spiro atoms. The zero-order valence-electron chi connectivity index (χ0n) is 18.2. The van der Waals surface area contributed by atoms with Crippen LogP contribution in [0, 0.1) is 0 Å². The van der Waals surface area contributed by atoms with Crippen molar-refractivity contribution in [1.29, 1.82) is 0 Å². The van der Waals surface area contributed by atoms with Crippen molar-refractivity contribution in [2.24, 2.45) is 0 Å². The average molecular weight is 566 g/mol. The molecule has 0 heterocycles. The van der Waals surface area contributed by atoms with Crippen LogP contribution < -0.4 is 0 Å². The molecule has 0 aliphatic heterocycles. The van der Waals surface area contributed by atoms with Gasteiger partial charge in [-0.15, -0.1) is 0 Å². The fourth-order valence-corrected chi connectivity index (χ4v) is 2.26. The number of hydrogen-bond acceptors (Lipinski definition) is 0. The van der Waals surface area contributed by atoms with E-state index in [4.69, 9.17) is 0 Å². The Kier molecular flexibility index (Phi) is 17.6. The minimum Gasteiger partial charge on any atom is -0.655 e. The zero-order chi connectivity index (χ0) is 26.0. The van der Waals surface area contributed by atoms with Crippen LogP contribution in [0.1, 0.15) is 26.7 Å². The van der Waals surface area contributed by atoms with E-state index < -0.39 is 61.7 Å². The van der Waals surface area contributed by atoms with Gasteiger partial charge in [0, 0.05) is 19.5 Å². The zero-order valence-corrected chi connectivity index (χ0v) is 21.1. The van der Waals surface area contributed by atoms with Gasteiger partial charge in [-0.25, -0.2) is 0 Å². The SMILES string of the molecule is CC[N-]C(CC([N-]C)C(F)(F)F)C(F)(F)F.CC[N-]C(CC([N-]C)C(F)(F)F)C(F)(F)F.[Zn]. The molecular formula is C16H24F12N4Zn-4. The van der Waals surface area contributed by atoms with E-state index in [1.54, 1.807) is 0 Å². The normalized spacial score (nSPS) is 16.7. The summed E-state index contributed by atoms with van der Waals surface area (Å²) in [5, 5.41) is 12.0. The largest absolute Gasteiger partial charge is 0.655 e. The summed E-state index contributed by atoms with van der Waals surface area (Å²) in [6, 6.07) is -9.27. The van der Waals surface area contributed by atoms with Crippen molar-refractivity contribution in [3.8, 4) is 0 Å². The molecule has 0 N–H and O–H groups in total. The molecule has 0 radical (unpaired) electrons. The Hall–Kier alpha value is -0.377. The number of alkyl halides is 12. The molecular weight excluding hydrogens is 542 g/mol. The molecule has 0 aromatic heterocycles. The van der Waals surface area contributed by atoms with Crippen LogP contribution in [0.3, 0.4) is 0 Å². The molecule has 0 aromatic carbocycles. The maximum atomic E-state index is 12.3. The first-order valence-electron chi connectivity index (χ1n) is 9.03. The maximum absolute atomic E-state index is 12.3. The van der Waals surface area contributed by atoms with Crippen molar-refractivity contribution in [3.63, 3.8) is 0 Å². The number of hydrogen-bond donors (Lipinski definition) is 0. The van der Waals surface area contributed by atoms with Crippen molar-refractivity contribution < 1.29 is 72.2 Å². The molecule has 0 saturated carbocycles. The van der Waals surface area contributed by atoms with Gasteiger partial charge in [-0.2, -0.15) is 79.9 Å². The van der Waals surface area contributed by atoms with Gasteiger partial charge < -0.3 is 21.3 Å². The van der Waals surface area contributed by atoms with Gasteiger partial charge in [0.1, 0.15) is 0 Å². The molecule has 4 atom stereocenters. The summed E-state index contributed by atoms with van der Waals surface area (Å²) >= 11 is 0. The third-order valence-corrected chi connectivity index (χ3v) is 3.83. The van der Waals surface area contributed by atoms with Gasteiger partial charge in [0.25, 0.3) is 0 Å². The first-order chi connectivity index (χ1) is 14.2. The van der Waals surface area contributed by atoms with Gasteiger partial charge in [-0.1, -0.05) is 26.7 Å². The van der Waals surface area contributed by atoms with Crippen molar-refractivity contribution >= 4 is 0 Å². The summed E-state index contributed by atoms with van der Waals surface area (Å²) in [4.78, 5) is 0. The Bertz CT molecular complexity index is 450. The van der Waals surface area contributed by atoms with Crippen molar-refractivity contribution in [2.45, 2.75) is 75.6 Å². The monoisotopic (exact) mass is 564 g/mol. The van der Waals surface area contributed by atoms with Gasteiger partial charge in [0.05, 0.1) is 0 Å². The van der Waals surface area contributed by atoms with Crippen LogP contribution in [0.5, 0.6) is 0 Å². The molecule has 0 amide bonds. The number of rotatable bonds is 10. The molecule has 4 nitrogen and oxygen atoms in total. The maximum Gasteiger partial charge on any atom is 0.373 e. The number of halogens is 12. The fraction of sp³-hybridized carbons (Fsp3) is 1.00. The van der Waals surface area contributed by atoms with Crippen molar-refractivity contribution in [2.75, 3.05) is 27.2 Å². The standard InChI is InChI=1S/2C8H12F6N2.Zn/c2*1-3-16-6(8(12,13)14)4-5(15-2)7(9,10)11;/h2*5-6H,3-4H2,1-2H3;/q2*-2;. The molecule has 0 aromatic rings. The molecule has 0 rings (SSSR count). The average Bonchev–Trinajstić information content (AvgIpc) is 2.58. The van der Waals surface area contributed by atoms with Crippen LogP contribution in [-0.2, 0) is 19.5 Å². The second kappa shape index (κ2) is 15.6. The predicted molar refractivity (Wildman–Crippen MR) is 95.0 cm³/mol. The number of nitrogens with zero attached hydrogens (tertiary/aromatic N) is 4. The molecule has 0 aliphatic rings. The van der Waals surface area contributed by atoms with E-state index in [1.807, 2.05) is 0 Å². The van der Waals surface area contributed by atoms with Crippen LogP contribution in [0.4, 0.5) is 52.7 Å². The molecule has 0 fully saturated rings. The van der Waals surface area contributed by atoms with Gasteiger partial charge in [0.2, 0.25) is 0 Å². The van der Waals surface area contributed by atoms with Crippen LogP contribution in [0.2, 0.25) is 0 Å². The summed E-state index contributed by atoms with van der Waals surface area (Å²) in [5.41, 5.74) is 0. The Morgan fingerprint density at radius 1 is 0.485 bits per heavy atom. The predicted octanol–water partition coefficient (Wildman–Crippen LogP) is 7.27. The quantitative estimate of drug-likeness (QED) is 0.198. The Morgan fingerprint density at radius 2 is 0.697 bits per heavy atom. The molecule has 0 saturated heterocycles. The smallest absolute Gasteiger partial charge is 0.373 e. The van der Waals surface area contributed by atoms with Crippen molar-refractivity contribution in [3.05, 3.63) is 21.3 Å². The van der Waals surface area contributed by atoms with E-state index >= 15 is 0 Å². The summed E-state index contributed by atoms with van der Waals surface area (Å²) < 4.78 is 147. The minimum atomic E-state index is -4.76. The van der Waals surface area contributed by atoms with Crippen LogP contribution in [0.25, 0.3) is 21.3 Å². The summed E-state index contributed by atoms with van der Waals surface area (Å²) in [5.74, 6) is 0. The van der Waals surface area contributed by atoms with E-state index in [0.717, 1.165) is 14.1 Å². The van der Waals surface area contributed by atoms with Crippen molar-refractivity contribution in [1.82, 2.24) is 0 Å². The first kappa shape index (κ1) is 37.2. The topological polar surface area (TPSA) is 56.4 Å². The van der Waals surface area contributed by atoms with Gasteiger partial charge in [-0.05, 0) is 24.2 Å². The molecule has 17 heteroatoms. The third kappa shape index (κ3) is 16.0.